The number of fused-ring (bicyclic) bond motifs is 2. The monoisotopic (exact) mass is 563 g/mol. The maximum Gasteiger partial charge on any atom is 0.343 e. The number of aromatic nitrogens is 2. The molecule has 2 aliphatic heterocycles. The molecular weight excluding hydrogens is 534 g/mol. The van der Waals surface area contributed by atoms with Gasteiger partial charge >= 0.3 is 5.97 Å². The number of carbonyl (C=O) groups excluding carboxylic acids is 3. The van der Waals surface area contributed by atoms with Crippen LogP contribution in [-0.4, -0.2) is 58.3 Å². The molecule has 4 aromatic rings. The number of methoxy groups -OCH3 is 1. The molecule has 4 heterocycles. The number of nitrogens with zero attached hydrogens (tertiary/aromatic N) is 3. The van der Waals surface area contributed by atoms with Gasteiger partial charge in [-0.15, -0.1) is 0 Å². The van der Waals surface area contributed by atoms with E-state index in [-0.39, 0.29) is 23.9 Å². The molecule has 9 heteroatoms. The van der Waals surface area contributed by atoms with Gasteiger partial charge in [0.15, 0.2) is 5.78 Å². The molecule has 0 atom stereocenters. The first-order valence-corrected chi connectivity index (χ1v) is 14.2. The summed E-state index contributed by atoms with van der Waals surface area (Å²) < 4.78 is 17.5. The van der Waals surface area contributed by atoms with Crippen molar-refractivity contribution in [2.75, 3.05) is 20.2 Å². The molecule has 1 spiro atoms. The number of Topliss-reactive ketones (excluding diaryl/α,β-unsaturated/α-hetero) is 1. The number of hydrogen-bond acceptors (Lipinski definition) is 8. The molecule has 0 unspecified atom stereocenters. The smallest absolute Gasteiger partial charge is 0.343 e. The van der Waals surface area contributed by atoms with E-state index in [1.165, 1.54) is 12.4 Å². The third kappa shape index (κ3) is 4.74. The average Bonchev–Trinajstić information content (AvgIpc) is 3.87. The summed E-state index contributed by atoms with van der Waals surface area (Å²) in [6.07, 6.45) is 8.32. The van der Waals surface area contributed by atoms with Gasteiger partial charge in [0.05, 0.1) is 30.4 Å². The molecular formula is C33H29N3O6. The Kier molecular flexibility index (Phi) is 6.37. The Labute approximate surface area is 242 Å². The Morgan fingerprint density at radius 3 is 2.48 bits per heavy atom. The average molecular weight is 564 g/mol. The van der Waals surface area contributed by atoms with E-state index >= 15 is 0 Å². The van der Waals surface area contributed by atoms with Gasteiger partial charge in [-0.2, -0.15) is 0 Å². The fourth-order valence-electron chi connectivity index (χ4n) is 6.02. The first kappa shape index (κ1) is 26.1. The highest BCUT2D eigenvalue weighted by Crippen LogP contribution is 2.44. The lowest BCUT2D eigenvalue weighted by Crippen LogP contribution is -2.52. The van der Waals surface area contributed by atoms with Crippen LogP contribution >= 0.6 is 0 Å². The van der Waals surface area contributed by atoms with Gasteiger partial charge in [-0.3, -0.25) is 19.6 Å². The van der Waals surface area contributed by atoms with Crippen molar-refractivity contribution in [3.05, 3.63) is 89.5 Å². The van der Waals surface area contributed by atoms with Gasteiger partial charge in [0.2, 0.25) is 0 Å². The second-order valence-corrected chi connectivity index (χ2v) is 11.2. The van der Waals surface area contributed by atoms with Crippen LogP contribution in [0.1, 0.15) is 74.8 Å². The maximum absolute atomic E-state index is 13.7. The van der Waals surface area contributed by atoms with Crippen LogP contribution in [0.4, 0.5) is 0 Å². The molecule has 1 saturated heterocycles. The number of amides is 1. The topological polar surface area (TPSA) is 108 Å². The zero-order valence-corrected chi connectivity index (χ0v) is 23.2. The minimum atomic E-state index is -0.680. The zero-order chi connectivity index (χ0) is 28.8. The predicted octanol–water partition coefficient (Wildman–Crippen LogP) is 5.38. The first-order chi connectivity index (χ1) is 20.4. The van der Waals surface area contributed by atoms with E-state index < -0.39 is 11.6 Å². The van der Waals surface area contributed by atoms with E-state index in [0.717, 1.165) is 29.3 Å². The number of pyridine rings is 2. The summed E-state index contributed by atoms with van der Waals surface area (Å²) in [7, 11) is 1.62. The number of likely N-dealkylation sites (tertiary alicyclic amines) is 1. The van der Waals surface area contributed by atoms with E-state index in [1.807, 2.05) is 29.3 Å². The number of carbonyl (C=O) groups is 3. The molecule has 0 N–H and O–H groups in total. The van der Waals surface area contributed by atoms with E-state index in [1.54, 1.807) is 37.4 Å². The molecule has 42 heavy (non-hydrogen) atoms. The van der Waals surface area contributed by atoms with E-state index in [4.69, 9.17) is 14.2 Å². The van der Waals surface area contributed by atoms with Crippen molar-refractivity contribution >= 4 is 28.4 Å². The molecule has 9 nitrogen and oxygen atoms in total. The lowest BCUT2D eigenvalue weighted by Gasteiger charge is -2.44. The van der Waals surface area contributed by atoms with E-state index in [9.17, 15) is 14.4 Å². The van der Waals surface area contributed by atoms with Crippen LogP contribution in [0.15, 0.2) is 67.1 Å². The Morgan fingerprint density at radius 2 is 1.74 bits per heavy atom. The first-order valence-electron chi connectivity index (χ1n) is 14.2. The van der Waals surface area contributed by atoms with Crippen LogP contribution in [0.5, 0.6) is 17.2 Å². The van der Waals surface area contributed by atoms with E-state index in [0.29, 0.717) is 60.0 Å². The molecule has 2 fully saturated rings. The Bertz CT molecular complexity index is 1730. The number of benzene rings is 2. The molecule has 0 radical (unpaired) electrons. The third-order valence-electron chi connectivity index (χ3n) is 8.45. The molecule has 1 amide bonds. The van der Waals surface area contributed by atoms with Crippen molar-refractivity contribution in [1.29, 1.82) is 0 Å². The van der Waals surface area contributed by atoms with Crippen molar-refractivity contribution in [3.63, 3.8) is 0 Å². The Balaban J connectivity index is 1.06. The van der Waals surface area contributed by atoms with Gasteiger partial charge in [0.25, 0.3) is 5.91 Å². The molecule has 1 aliphatic carbocycles. The molecule has 212 valence electrons. The van der Waals surface area contributed by atoms with E-state index in [2.05, 4.69) is 9.97 Å². The van der Waals surface area contributed by atoms with Crippen molar-refractivity contribution in [2.45, 2.75) is 43.6 Å². The van der Waals surface area contributed by atoms with Gasteiger partial charge in [0, 0.05) is 66.8 Å². The summed E-state index contributed by atoms with van der Waals surface area (Å²) in [5.41, 5.74) is 1.68. The largest absolute Gasteiger partial charge is 0.496 e. The van der Waals surface area contributed by atoms with Gasteiger partial charge in [-0.05, 0) is 61.4 Å². The highest BCUT2D eigenvalue weighted by atomic mass is 16.5. The second kappa shape index (κ2) is 10.2. The Hall–Kier alpha value is -4.79. The number of rotatable bonds is 5. The van der Waals surface area contributed by atoms with Gasteiger partial charge in [-0.25, -0.2) is 4.79 Å². The number of ketones is 1. The van der Waals surface area contributed by atoms with Crippen molar-refractivity contribution in [1.82, 2.24) is 14.9 Å². The second-order valence-electron chi connectivity index (χ2n) is 11.2. The summed E-state index contributed by atoms with van der Waals surface area (Å²) >= 11 is 0. The lowest BCUT2D eigenvalue weighted by atomic mass is 9.82. The SMILES string of the molecule is COc1cc(C(=O)N2CCC3(CC2)CC(=O)c2cc(OC(=O)c4ccncc4)ccc2O3)cc2c(C3CC3)nccc12. The fourth-order valence-corrected chi connectivity index (χ4v) is 6.02. The minimum absolute atomic E-state index is 0.0705. The van der Waals surface area contributed by atoms with Crippen LogP contribution in [0, 0.1) is 0 Å². The van der Waals surface area contributed by atoms with Crippen molar-refractivity contribution in [2.24, 2.45) is 0 Å². The number of esters is 1. The fraction of sp³-hybridized carbons (Fsp3) is 0.303. The summed E-state index contributed by atoms with van der Waals surface area (Å²) in [5.74, 6) is 1.17. The molecule has 2 aromatic carbocycles. The van der Waals surface area contributed by atoms with Crippen LogP contribution in [-0.2, 0) is 0 Å². The minimum Gasteiger partial charge on any atom is -0.496 e. The molecule has 3 aliphatic rings. The standard InChI is InChI=1S/C33H29N3O6/c1-40-29-17-22(16-25-24(29)8-13-35-30(25)20-2-3-20)31(38)36-14-9-33(10-15-36)19-27(37)26-18-23(4-5-28(26)42-33)41-32(39)21-6-11-34-12-7-21/h4-8,11-13,16-18,20H,2-3,9-10,14-15,19H2,1H3. The normalized spacial score (nSPS) is 17.5. The molecule has 7 rings (SSSR count). The van der Waals surface area contributed by atoms with Gasteiger partial charge in [0.1, 0.15) is 22.8 Å². The van der Waals surface area contributed by atoms with Crippen molar-refractivity contribution < 1.29 is 28.6 Å². The maximum atomic E-state index is 13.7. The third-order valence-corrected chi connectivity index (χ3v) is 8.45. The van der Waals surface area contributed by atoms with Crippen molar-refractivity contribution in [3.8, 4) is 17.2 Å². The molecule has 1 saturated carbocycles. The van der Waals surface area contributed by atoms with Gasteiger partial charge < -0.3 is 19.1 Å². The van der Waals surface area contributed by atoms with Crippen LogP contribution in [0.2, 0.25) is 0 Å². The number of hydrogen-bond donors (Lipinski definition) is 0. The highest BCUT2D eigenvalue weighted by molar-refractivity contribution is 6.02. The molecule has 0 bridgehead atoms. The highest BCUT2D eigenvalue weighted by Gasteiger charge is 2.44. The summed E-state index contributed by atoms with van der Waals surface area (Å²) in [6.45, 7) is 0.928. The Morgan fingerprint density at radius 1 is 0.952 bits per heavy atom. The van der Waals surface area contributed by atoms with Crippen LogP contribution in [0.25, 0.3) is 10.8 Å². The molecule has 2 aromatic heterocycles. The lowest BCUT2D eigenvalue weighted by molar-refractivity contribution is -0.00582. The summed E-state index contributed by atoms with van der Waals surface area (Å²) in [4.78, 5) is 49.7. The van der Waals surface area contributed by atoms with Gasteiger partial charge in [-0.1, -0.05) is 0 Å². The zero-order valence-electron chi connectivity index (χ0n) is 23.2. The number of ether oxygens (including phenoxy) is 3. The number of piperidine rings is 1. The summed E-state index contributed by atoms with van der Waals surface area (Å²) in [5, 5.41) is 1.94. The predicted molar refractivity (Wildman–Crippen MR) is 153 cm³/mol. The summed E-state index contributed by atoms with van der Waals surface area (Å²) in [6, 6.07) is 13.7. The van der Waals surface area contributed by atoms with Crippen LogP contribution < -0.4 is 14.2 Å². The quantitative estimate of drug-likeness (QED) is 0.235. The van der Waals surface area contributed by atoms with Crippen LogP contribution in [0.3, 0.4) is 0 Å².